The number of rotatable bonds is 7. The highest BCUT2D eigenvalue weighted by Gasteiger charge is 2.18. The Morgan fingerprint density at radius 3 is 2.50 bits per heavy atom. The lowest BCUT2D eigenvalue weighted by molar-refractivity contribution is -0.128. The van der Waals surface area contributed by atoms with Crippen molar-refractivity contribution >= 4 is 23.2 Å². The van der Waals surface area contributed by atoms with Crippen LogP contribution in [0.25, 0.3) is 0 Å². The second kappa shape index (κ2) is 9.80. The molecule has 0 aliphatic carbocycles. The first-order valence-electron chi connectivity index (χ1n) is 9.77. The van der Waals surface area contributed by atoms with Gasteiger partial charge in [0.1, 0.15) is 5.75 Å². The normalized spacial score (nSPS) is 15.9. The summed E-state index contributed by atoms with van der Waals surface area (Å²) in [7, 11) is 2.16. The van der Waals surface area contributed by atoms with E-state index in [2.05, 4.69) is 46.4 Å². The van der Waals surface area contributed by atoms with Crippen LogP contribution in [-0.2, 0) is 11.3 Å². The Hall–Kier alpha value is -2.24. The maximum Gasteiger partial charge on any atom is 0.261 e. The third-order valence-corrected chi connectivity index (χ3v) is 5.24. The van der Waals surface area contributed by atoms with Crippen LogP contribution in [0.15, 0.2) is 48.5 Å². The summed E-state index contributed by atoms with van der Waals surface area (Å²) in [5.41, 5.74) is 2.31. The summed E-state index contributed by atoms with van der Waals surface area (Å²) in [6.07, 6.45) is 0.0452. The van der Waals surface area contributed by atoms with Crippen LogP contribution in [0, 0.1) is 0 Å². The van der Waals surface area contributed by atoms with Crippen LogP contribution in [0.3, 0.4) is 0 Å². The third kappa shape index (κ3) is 5.63. The minimum atomic E-state index is -0.539. The summed E-state index contributed by atoms with van der Waals surface area (Å²) in [4.78, 5) is 17.2. The van der Waals surface area contributed by atoms with E-state index in [1.165, 1.54) is 5.69 Å². The van der Waals surface area contributed by atoms with E-state index in [9.17, 15) is 4.79 Å². The number of anilines is 1. The molecule has 1 heterocycles. The third-order valence-electron chi connectivity index (χ3n) is 5.01. The molecule has 1 fully saturated rings. The number of hydrogen-bond donors (Lipinski definition) is 1. The quantitative estimate of drug-likeness (QED) is 0.770. The summed E-state index contributed by atoms with van der Waals surface area (Å²) in [6, 6.07) is 15.5. The molecule has 1 N–H and O–H groups in total. The van der Waals surface area contributed by atoms with Gasteiger partial charge in [0.25, 0.3) is 5.91 Å². The second-order valence-electron chi connectivity index (χ2n) is 7.15. The standard InChI is InChI=1S/C22H28ClN3O2/c1-3-21(28-20-6-4-5-18(23)15-20)22(27)24-16-17-7-9-19(10-8-17)26-13-11-25(2)12-14-26/h4-10,15,21H,3,11-14,16H2,1-2H3,(H,24,27). The number of nitrogens with zero attached hydrogens (tertiary/aromatic N) is 2. The van der Waals surface area contributed by atoms with Crippen molar-refractivity contribution in [1.82, 2.24) is 10.2 Å². The van der Waals surface area contributed by atoms with Gasteiger partial charge >= 0.3 is 0 Å². The van der Waals surface area contributed by atoms with Gasteiger partial charge in [-0.1, -0.05) is 36.7 Å². The number of ether oxygens (including phenoxy) is 1. The van der Waals surface area contributed by atoms with Crippen molar-refractivity contribution in [3.05, 3.63) is 59.1 Å². The number of halogens is 1. The monoisotopic (exact) mass is 401 g/mol. The molecular weight excluding hydrogens is 374 g/mol. The highest BCUT2D eigenvalue weighted by molar-refractivity contribution is 6.30. The first-order chi connectivity index (χ1) is 13.5. The largest absolute Gasteiger partial charge is 0.481 e. The lowest BCUT2D eigenvalue weighted by Crippen LogP contribution is -2.44. The molecule has 0 spiro atoms. The molecular formula is C22H28ClN3O2. The van der Waals surface area contributed by atoms with Gasteiger partial charge in [0.15, 0.2) is 6.10 Å². The first kappa shape index (κ1) is 20.5. The molecule has 1 aliphatic heterocycles. The lowest BCUT2D eigenvalue weighted by atomic mass is 10.1. The Morgan fingerprint density at radius 2 is 1.86 bits per heavy atom. The summed E-state index contributed by atoms with van der Waals surface area (Å²) in [5, 5.41) is 3.56. The van der Waals surface area contributed by atoms with Gasteiger partial charge in [0.2, 0.25) is 0 Å². The SMILES string of the molecule is CCC(Oc1cccc(Cl)c1)C(=O)NCc1ccc(N2CCN(C)CC2)cc1. The number of nitrogens with one attached hydrogen (secondary N) is 1. The van der Waals surface area contributed by atoms with E-state index in [0.29, 0.717) is 23.7 Å². The molecule has 1 atom stereocenters. The van der Waals surface area contributed by atoms with Crippen molar-refractivity contribution in [3.63, 3.8) is 0 Å². The van der Waals surface area contributed by atoms with Crippen molar-refractivity contribution < 1.29 is 9.53 Å². The van der Waals surface area contributed by atoms with E-state index in [4.69, 9.17) is 16.3 Å². The predicted molar refractivity (Wildman–Crippen MR) is 114 cm³/mol. The molecule has 5 nitrogen and oxygen atoms in total. The molecule has 1 unspecified atom stereocenters. The smallest absolute Gasteiger partial charge is 0.261 e. The van der Waals surface area contributed by atoms with E-state index in [1.54, 1.807) is 18.2 Å². The first-order valence-corrected chi connectivity index (χ1v) is 10.2. The Labute approximate surface area is 172 Å². The van der Waals surface area contributed by atoms with E-state index in [0.717, 1.165) is 31.7 Å². The van der Waals surface area contributed by atoms with Crippen molar-refractivity contribution in [3.8, 4) is 5.75 Å². The Bertz CT molecular complexity index is 774. The maximum atomic E-state index is 12.5. The average Bonchev–Trinajstić information content (AvgIpc) is 2.71. The number of hydrogen-bond acceptors (Lipinski definition) is 4. The van der Waals surface area contributed by atoms with Crippen LogP contribution < -0.4 is 15.0 Å². The molecule has 1 amide bonds. The van der Waals surface area contributed by atoms with Gasteiger partial charge in [-0.05, 0) is 49.4 Å². The zero-order valence-electron chi connectivity index (χ0n) is 16.5. The number of carbonyl (C=O) groups is 1. The molecule has 0 radical (unpaired) electrons. The molecule has 0 bridgehead atoms. The molecule has 150 valence electrons. The van der Waals surface area contributed by atoms with Gasteiger partial charge in [-0.25, -0.2) is 0 Å². The Kier molecular flexibility index (Phi) is 7.18. The zero-order chi connectivity index (χ0) is 19.9. The number of carbonyl (C=O) groups excluding carboxylic acids is 1. The predicted octanol–water partition coefficient (Wildman–Crippen LogP) is 3.57. The topological polar surface area (TPSA) is 44.8 Å². The highest BCUT2D eigenvalue weighted by Crippen LogP contribution is 2.20. The lowest BCUT2D eigenvalue weighted by Gasteiger charge is -2.34. The van der Waals surface area contributed by atoms with Crippen molar-refractivity contribution in [2.24, 2.45) is 0 Å². The van der Waals surface area contributed by atoms with Gasteiger partial charge in [0, 0.05) is 43.4 Å². The van der Waals surface area contributed by atoms with Gasteiger partial charge in [-0.3, -0.25) is 4.79 Å². The number of piperazine rings is 1. The molecule has 6 heteroatoms. The molecule has 1 saturated heterocycles. The van der Waals surface area contributed by atoms with Crippen LogP contribution in [0.5, 0.6) is 5.75 Å². The fraction of sp³-hybridized carbons (Fsp3) is 0.409. The van der Waals surface area contributed by atoms with Gasteiger partial charge in [-0.2, -0.15) is 0 Å². The van der Waals surface area contributed by atoms with Crippen molar-refractivity contribution in [2.75, 3.05) is 38.1 Å². The van der Waals surface area contributed by atoms with E-state index in [-0.39, 0.29) is 5.91 Å². The molecule has 0 saturated carbocycles. The summed E-state index contributed by atoms with van der Waals surface area (Å²) >= 11 is 5.98. The van der Waals surface area contributed by atoms with Crippen LogP contribution in [0.2, 0.25) is 5.02 Å². The molecule has 2 aromatic rings. The van der Waals surface area contributed by atoms with Crippen LogP contribution >= 0.6 is 11.6 Å². The average molecular weight is 402 g/mol. The minimum absolute atomic E-state index is 0.120. The summed E-state index contributed by atoms with van der Waals surface area (Å²) in [5.74, 6) is 0.483. The fourth-order valence-electron chi connectivity index (χ4n) is 3.22. The van der Waals surface area contributed by atoms with Gasteiger partial charge < -0.3 is 19.9 Å². The Morgan fingerprint density at radius 1 is 1.14 bits per heavy atom. The zero-order valence-corrected chi connectivity index (χ0v) is 17.3. The minimum Gasteiger partial charge on any atom is -0.481 e. The van der Waals surface area contributed by atoms with Gasteiger partial charge in [-0.15, -0.1) is 0 Å². The number of benzene rings is 2. The van der Waals surface area contributed by atoms with E-state index in [1.807, 2.05) is 13.0 Å². The van der Waals surface area contributed by atoms with Crippen LogP contribution in [0.1, 0.15) is 18.9 Å². The van der Waals surface area contributed by atoms with Crippen molar-refractivity contribution in [2.45, 2.75) is 26.0 Å². The van der Waals surface area contributed by atoms with E-state index < -0.39 is 6.10 Å². The summed E-state index contributed by atoms with van der Waals surface area (Å²) in [6.45, 7) is 6.68. The molecule has 28 heavy (non-hydrogen) atoms. The summed E-state index contributed by atoms with van der Waals surface area (Å²) < 4.78 is 5.79. The molecule has 3 rings (SSSR count). The molecule has 2 aromatic carbocycles. The second-order valence-corrected chi connectivity index (χ2v) is 7.58. The van der Waals surface area contributed by atoms with Crippen molar-refractivity contribution in [1.29, 1.82) is 0 Å². The van der Waals surface area contributed by atoms with Gasteiger partial charge in [0.05, 0.1) is 0 Å². The maximum absolute atomic E-state index is 12.5. The number of amides is 1. The van der Waals surface area contributed by atoms with Crippen LogP contribution in [-0.4, -0.2) is 50.1 Å². The molecule has 1 aliphatic rings. The fourth-order valence-corrected chi connectivity index (χ4v) is 3.40. The number of likely N-dealkylation sites (N-methyl/N-ethyl adjacent to an activating group) is 1. The van der Waals surface area contributed by atoms with E-state index >= 15 is 0 Å². The Balaban J connectivity index is 1.51. The van der Waals surface area contributed by atoms with Crippen LogP contribution in [0.4, 0.5) is 5.69 Å². The molecule has 0 aromatic heterocycles. The highest BCUT2D eigenvalue weighted by atomic mass is 35.5.